The van der Waals surface area contributed by atoms with Crippen molar-refractivity contribution in [3.8, 4) is 0 Å². The molecule has 1 aliphatic carbocycles. The van der Waals surface area contributed by atoms with E-state index in [4.69, 9.17) is 0 Å². The zero-order chi connectivity index (χ0) is 11.8. The molecule has 0 aromatic heterocycles. The number of likely N-dealkylation sites (N-methyl/N-ethyl adjacent to an activating group) is 1. The molecule has 0 aromatic carbocycles. The summed E-state index contributed by atoms with van der Waals surface area (Å²) in [6, 6.07) is 0.735. The lowest BCUT2D eigenvalue weighted by atomic mass is 10.1. The van der Waals surface area contributed by atoms with E-state index in [1.54, 1.807) is 0 Å². The highest BCUT2D eigenvalue weighted by Crippen LogP contribution is 2.23. The molecule has 0 bridgehead atoms. The van der Waals surface area contributed by atoms with Crippen LogP contribution < -0.4 is 5.32 Å². The Balaban J connectivity index is 1.97. The van der Waals surface area contributed by atoms with Gasteiger partial charge in [0.15, 0.2) is 0 Å². The average molecular weight is 226 g/mol. The minimum Gasteiger partial charge on any atom is -0.315 e. The van der Waals surface area contributed by atoms with Crippen molar-refractivity contribution in [2.45, 2.75) is 58.4 Å². The zero-order valence-corrected chi connectivity index (χ0v) is 11.5. The van der Waals surface area contributed by atoms with Gasteiger partial charge in [-0.3, -0.25) is 0 Å². The first kappa shape index (κ1) is 14.0. The topological polar surface area (TPSA) is 15.3 Å². The summed E-state index contributed by atoms with van der Waals surface area (Å²) in [5, 5.41) is 3.61. The second kappa shape index (κ2) is 8.08. The highest BCUT2D eigenvalue weighted by molar-refractivity contribution is 4.70. The Hall–Kier alpha value is -0.0800. The van der Waals surface area contributed by atoms with Crippen LogP contribution in [0.25, 0.3) is 0 Å². The van der Waals surface area contributed by atoms with Crippen LogP contribution in [-0.4, -0.2) is 37.6 Å². The van der Waals surface area contributed by atoms with E-state index in [9.17, 15) is 0 Å². The van der Waals surface area contributed by atoms with E-state index in [-0.39, 0.29) is 0 Å². The van der Waals surface area contributed by atoms with Gasteiger partial charge < -0.3 is 10.2 Å². The molecular weight excluding hydrogens is 196 g/mol. The third kappa shape index (κ3) is 5.31. The maximum absolute atomic E-state index is 3.61. The maximum atomic E-state index is 3.61. The van der Waals surface area contributed by atoms with E-state index in [0.29, 0.717) is 0 Å². The van der Waals surface area contributed by atoms with Crippen molar-refractivity contribution in [3.05, 3.63) is 0 Å². The average Bonchev–Trinajstić information content (AvgIpc) is 2.77. The van der Waals surface area contributed by atoms with E-state index < -0.39 is 0 Å². The van der Waals surface area contributed by atoms with Gasteiger partial charge >= 0.3 is 0 Å². The fourth-order valence-corrected chi connectivity index (χ4v) is 2.63. The Labute approximate surface area is 102 Å². The SMILES string of the molecule is CCCC(C)N(C)CCNCC1CCCC1. The van der Waals surface area contributed by atoms with Gasteiger partial charge in [-0.15, -0.1) is 0 Å². The Kier molecular flexibility index (Phi) is 7.06. The molecule has 1 fully saturated rings. The van der Waals surface area contributed by atoms with Crippen molar-refractivity contribution < 1.29 is 0 Å². The molecule has 0 aliphatic heterocycles. The molecule has 0 saturated heterocycles. The molecule has 0 spiro atoms. The fourth-order valence-electron chi connectivity index (χ4n) is 2.63. The van der Waals surface area contributed by atoms with Gasteiger partial charge in [-0.05, 0) is 45.7 Å². The van der Waals surface area contributed by atoms with Crippen LogP contribution >= 0.6 is 0 Å². The summed E-state index contributed by atoms with van der Waals surface area (Å²) < 4.78 is 0. The number of nitrogens with one attached hydrogen (secondary N) is 1. The first-order chi connectivity index (χ1) is 7.74. The van der Waals surface area contributed by atoms with Gasteiger partial charge in [-0.1, -0.05) is 26.2 Å². The minimum absolute atomic E-state index is 0.735. The number of nitrogens with zero attached hydrogens (tertiary/aromatic N) is 1. The van der Waals surface area contributed by atoms with Crippen molar-refractivity contribution in [2.24, 2.45) is 5.92 Å². The predicted octanol–water partition coefficient (Wildman–Crippen LogP) is 2.89. The molecule has 96 valence electrons. The molecule has 1 saturated carbocycles. The molecule has 16 heavy (non-hydrogen) atoms. The Morgan fingerprint density at radius 3 is 2.62 bits per heavy atom. The monoisotopic (exact) mass is 226 g/mol. The van der Waals surface area contributed by atoms with Crippen molar-refractivity contribution >= 4 is 0 Å². The van der Waals surface area contributed by atoms with E-state index in [1.165, 1.54) is 51.6 Å². The van der Waals surface area contributed by atoms with Crippen molar-refractivity contribution in [1.29, 1.82) is 0 Å². The quantitative estimate of drug-likeness (QED) is 0.640. The Morgan fingerprint density at radius 2 is 2.00 bits per heavy atom. The van der Waals surface area contributed by atoms with Crippen LogP contribution in [0.3, 0.4) is 0 Å². The highest BCUT2D eigenvalue weighted by atomic mass is 15.1. The normalized spacial score (nSPS) is 19.5. The highest BCUT2D eigenvalue weighted by Gasteiger charge is 2.14. The van der Waals surface area contributed by atoms with Crippen LogP contribution in [0.5, 0.6) is 0 Å². The Bertz CT molecular complexity index is 164. The van der Waals surface area contributed by atoms with Crippen LogP contribution in [0.2, 0.25) is 0 Å². The first-order valence-electron chi connectivity index (χ1n) is 7.15. The molecule has 0 amide bonds. The summed E-state index contributed by atoms with van der Waals surface area (Å²) in [4.78, 5) is 2.48. The lowest BCUT2D eigenvalue weighted by Crippen LogP contribution is -2.36. The van der Waals surface area contributed by atoms with Crippen LogP contribution in [0.15, 0.2) is 0 Å². The van der Waals surface area contributed by atoms with Crippen molar-refractivity contribution in [1.82, 2.24) is 10.2 Å². The summed E-state index contributed by atoms with van der Waals surface area (Å²) >= 11 is 0. The number of rotatable bonds is 8. The summed E-state index contributed by atoms with van der Waals surface area (Å²) in [5.41, 5.74) is 0. The van der Waals surface area contributed by atoms with Gasteiger partial charge in [-0.25, -0.2) is 0 Å². The minimum atomic E-state index is 0.735. The van der Waals surface area contributed by atoms with Gasteiger partial charge in [0.05, 0.1) is 0 Å². The third-order valence-corrected chi connectivity index (χ3v) is 4.01. The number of hydrogen-bond donors (Lipinski definition) is 1. The molecule has 0 heterocycles. The second-order valence-corrected chi connectivity index (χ2v) is 5.47. The standard InChI is InChI=1S/C14H30N2/c1-4-7-13(2)16(3)11-10-15-12-14-8-5-6-9-14/h13-15H,4-12H2,1-3H3. The molecule has 0 radical (unpaired) electrons. The molecule has 1 atom stereocenters. The summed E-state index contributed by atoms with van der Waals surface area (Å²) in [7, 11) is 2.25. The summed E-state index contributed by atoms with van der Waals surface area (Å²) in [5.74, 6) is 0.971. The van der Waals surface area contributed by atoms with Gasteiger partial charge in [0.25, 0.3) is 0 Å². The largest absolute Gasteiger partial charge is 0.315 e. The molecule has 0 aromatic rings. The van der Waals surface area contributed by atoms with E-state index >= 15 is 0 Å². The van der Waals surface area contributed by atoms with Gasteiger partial charge in [0.1, 0.15) is 0 Å². The van der Waals surface area contributed by atoms with E-state index in [0.717, 1.165) is 18.5 Å². The van der Waals surface area contributed by atoms with Crippen molar-refractivity contribution in [2.75, 3.05) is 26.7 Å². The van der Waals surface area contributed by atoms with Gasteiger partial charge in [0, 0.05) is 19.1 Å². The molecule has 1 rings (SSSR count). The molecule has 2 heteroatoms. The lowest BCUT2D eigenvalue weighted by Gasteiger charge is -2.24. The molecular formula is C14H30N2. The van der Waals surface area contributed by atoms with Gasteiger partial charge in [0.2, 0.25) is 0 Å². The maximum Gasteiger partial charge on any atom is 0.0107 e. The predicted molar refractivity (Wildman–Crippen MR) is 71.8 cm³/mol. The number of hydrogen-bond acceptors (Lipinski definition) is 2. The zero-order valence-electron chi connectivity index (χ0n) is 11.5. The van der Waals surface area contributed by atoms with Gasteiger partial charge in [-0.2, -0.15) is 0 Å². The lowest BCUT2D eigenvalue weighted by molar-refractivity contribution is 0.243. The van der Waals surface area contributed by atoms with E-state index in [1.807, 2.05) is 0 Å². The second-order valence-electron chi connectivity index (χ2n) is 5.47. The Morgan fingerprint density at radius 1 is 1.31 bits per heavy atom. The third-order valence-electron chi connectivity index (χ3n) is 4.01. The summed E-state index contributed by atoms with van der Waals surface area (Å²) in [6.07, 6.45) is 8.43. The van der Waals surface area contributed by atoms with E-state index in [2.05, 4.69) is 31.1 Å². The molecule has 1 N–H and O–H groups in total. The van der Waals surface area contributed by atoms with Crippen LogP contribution in [0.4, 0.5) is 0 Å². The summed E-state index contributed by atoms with van der Waals surface area (Å²) in [6.45, 7) is 8.19. The van der Waals surface area contributed by atoms with Crippen molar-refractivity contribution in [3.63, 3.8) is 0 Å². The molecule has 1 aliphatic rings. The molecule has 2 nitrogen and oxygen atoms in total. The fraction of sp³-hybridized carbons (Fsp3) is 1.00. The smallest absolute Gasteiger partial charge is 0.0107 e. The van der Waals surface area contributed by atoms with Crippen LogP contribution in [0, 0.1) is 5.92 Å². The van der Waals surface area contributed by atoms with Crippen LogP contribution in [-0.2, 0) is 0 Å². The van der Waals surface area contributed by atoms with Crippen LogP contribution in [0.1, 0.15) is 52.4 Å². The molecule has 1 unspecified atom stereocenters. The first-order valence-corrected chi connectivity index (χ1v) is 7.15.